The topological polar surface area (TPSA) is 181 Å². The van der Waals surface area contributed by atoms with Crippen molar-refractivity contribution in [2.75, 3.05) is 6.61 Å². The molecule has 2 fully saturated rings. The number of nitrogens with two attached hydrogens (primary N) is 1. The Balaban J connectivity index is 1.91. The van der Waals surface area contributed by atoms with Gasteiger partial charge in [0.05, 0.1) is 23.8 Å². The lowest BCUT2D eigenvalue weighted by molar-refractivity contribution is -0.101. The zero-order valence-corrected chi connectivity index (χ0v) is 27.9. The summed E-state index contributed by atoms with van der Waals surface area (Å²) in [6.07, 6.45) is -4.32. The van der Waals surface area contributed by atoms with E-state index in [9.17, 15) is 23.1 Å². The zero-order valence-electron chi connectivity index (χ0n) is 25.0. The molecule has 1 aromatic heterocycles. The van der Waals surface area contributed by atoms with Crippen molar-refractivity contribution in [1.82, 2.24) is 9.55 Å². The molecule has 0 aromatic carbocycles. The van der Waals surface area contributed by atoms with E-state index in [1.807, 2.05) is 27.7 Å². The van der Waals surface area contributed by atoms with Gasteiger partial charge in [-0.3, -0.25) is 14.3 Å². The molecule has 2 saturated heterocycles. The molecule has 3 aliphatic rings. The molecule has 0 radical (unpaired) electrons. The van der Waals surface area contributed by atoms with Crippen LogP contribution in [0.5, 0.6) is 0 Å². The van der Waals surface area contributed by atoms with Crippen molar-refractivity contribution in [3.05, 3.63) is 43.7 Å². The van der Waals surface area contributed by atoms with Gasteiger partial charge in [-0.2, -0.15) is 8.42 Å². The number of aromatic nitrogens is 2. The summed E-state index contributed by atoms with van der Waals surface area (Å²) in [7, 11) is -10.4. The maximum absolute atomic E-state index is 12.8. The van der Waals surface area contributed by atoms with E-state index >= 15 is 0 Å². The Hall–Kier alpha value is -1.64. The summed E-state index contributed by atoms with van der Waals surface area (Å²) in [5.41, 5.74) is 2.64. The van der Waals surface area contributed by atoms with Gasteiger partial charge in [-0.15, -0.1) is 0 Å². The second-order valence-corrected chi connectivity index (χ2v) is 22.7. The van der Waals surface area contributed by atoms with E-state index in [-0.39, 0.29) is 40.0 Å². The number of nitrogens with one attached hydrogen (secondary N) is 1. The number of aliphatic hydroxyl groups excluding tert-OH is 1. The van der Waals surface area contributed by atoms with Crippen LogP contribution in [-0.2, 0) is 32.0 Å². The van der Waals surface area contributed by atoms with Crippen molar-refractivity contribution in [2.45, 2.75) is 115 Å². The number of aliphatic hydroxyl groups is 1. The minimum Gasteiger partial charge on any atom is -0.414 e. The maximum atomic E-state index is 12.8. The highest BCUT2D eigenvalue weighted by Crippen LogP contribution is 2.52. The second kappa shape index (κ2) is 10.8. The summed E-state index contributed by atoms with van der Waals surface area (Å²) in [5.74, 6) is 0. The van der Waals surface area contributed by atoms with Gasteiger partial charge in [-0.1, -0.05) is 55.4 Å². The fourth-order valence-electron chi connectivity index (χ4n) is 6.35. The van der Waals surface area contributed by atoms with Gasteiger partial charge in [0.15, 0.2) is 11.8 Å². The average Bonchev–Trinajstić information content (AvgIpc) is 3.17. The van der Waals surface area contributed by atoms with Crippen LogP contribution in [0.1, 0.15) is 67.2 Å². The Kier molecular flexibility index (Phi) is 8.52. The molecule has 0 saturated carbocycles. The summed E-state index contributed by atoms with van der Waals surface area (Å²) in [4.78, 5) is 27.1. The van der Waals surface area contributed by atoms with Gasteiger partial charge in [0.1, 0.15) is 12.2 Å². The molecule has 41 heavy (non-hydrogen) atoms. The summed E-state index contributed by atoms with van der Waals surface area (Å²) >= 11 is 0. The molecule has 0 aliphatic carbocycles. The van der Waals surface area contributed by atoms with Crippen LogP contribution in [0.4, 0.5) is 0 Å². The Morgan fingerprint density at radius 3 is 2.10 bits per heavy atom. The van der Waals surface area contributed by atoms with E-state index in [1.54, 1.807) is 0 Å². The number of ether oxygens (including phenoxy) is 1. The van der Waals surface area contributed by atoms with Crippen LogP contribution in [0.25, 0.3) is 0 Å². The average molecular weight is 634 g/mol. The molecule has 16 heteroatoms. The Bertz CT molecular complexity index is 1410. The van der Waals surface area contributed by atoms with Crippen LogP contribution in [0.2, 0.25) is 22.2 Å². The lowest BCUT2D eigenvalue weighted by Gasteiger charge is -2.46. The van der Waals surface area contributed by atoms with E-state index < -0.39 is 68.6 Å². The highest BCUT2D eigenvalue weighted by atomic mass is 32.2. The largest absolute Gasteiger partial charge is 0.414 e. The number of aromatic amines is 1. The van der Waals surface area contributed by atoms with Crippen LogP contribution in [0.15, 0.2) is 26.9 Å². The van der Waals surface area contributed by atoms with Gasteiger partial charge in [0.25, 0.3) is 15.7 Å². The van der Waals surface area contributed by atoms with E-state index in [4.69, 9.17) is 27.6 Å². The smallest absolute Gasteiger partial charge is 0.335 e. The highest BCUT2D eigenvalue weighted by molar-refractivity contribution is 7.90. The molecule has 4 N–H and O–H groups in total. The molecule has 1 aromatic rings. The molecular formula is C25H43N3O10SSi2. The van der Waals surface area contributed by atoms with Crippen LogP contribution in [0, 0.1) is 6.92 Å². The van der Waals surface area contributed by atoms with E-state index in [1.165, 1.54) is 13.1 Å². The second-order valence-electron chi connectivity index (χ2n) is 12.4. The predicted octanol–water partition coefficient (Wildman–Crippen LogP) is 1.96. The van der Waals surface area contributed by atoms with Gasteiger partial charge >= 0.3 is 22.8 Å². The third kappa shape index (κ3) is 5.04. The zero-order chi connectivity index (χ0) is 30.9. The Morgan fingerprint density at radius 2 is 1.61 bits per heavy atom. The van der Waals surface area contributed by atoms with Crippen molar-refractivity contribution in [2.24, 2.45) is 5.73 Å². The molecule has 3 aliphatic heterocycles. The first-order valence-electron chi connectivity index (χ1n) is 14.0. The predicted molar refractivity (Wildman–Crippen MR) is 155 cm³/mol. The fourth-order valence-corrected chi connectivity index (χ4v) is 18.7. The lowest BCUT2D eigenvalue weighted by atomic mass is 9.86. The van der Waals surface area contributed by atoms with Crippen LogP contribution in [0.3, 0.4) is 0 Å². The number of aryl methyl sites for hydroxylation is 1. The van der Waals surface area contributed by atoms with Gasteiger partial charge in [0, 0.05) is 11.8 Å². The minimum atomic E-state index is -4.32. The number of nitrogens with zero attached hydrogens (tertiary/aromatic N) is 1. The molecule has 232 valence electrons. The summed E-state index contributed by atoms with van der Waals surface area (Å²) in [6, 6.07) is 0. The number of rotatable bonds is 6. The third-order valence-corrected chi connectivity index (χ3v) is 19.8. The first-order chi connectivity index (χ1) is 18.8. The van der Waals surface area contributed by atoms with Gasteiger partial charge in [-0.25, -0.2) is 8.98 Å². The molecule has 4 heterocycles. The van der Waals surface area contributed by atoms with Crippen molar-refractivity contribution >= 4 is 27.2 Å². The molecule has 1 spiro atoms. The summed E-state index contributed by atoms with van der Waals surface area (Å²) in [5, 5.41) is 12.4. The van der Waals surface area contributed by atoms with Crippen LogP contribution < -0.4 is 17.0 Å². The van der Waals surface area contributed by atoms with Crippen molar-refractivity contribution in [1.29, 1.82) is 0 Å². The van der Waals surface area contributed by atoms with Crippen molar-refractivity contribution in [3.8, 4) is 0 Å². The van der Waals surface area contributed by atoms with Crippen LogP contribution in [-0.4, -0.2) is 70.7 Å². The lowest BCUT2D eigenvalue weighted by Crippen LogP contribution is -2.61. The molecule has 5 atom stereocenters. The number of H-pyrrole nitrogens is 1. The Labute approximate surface area is 242 Å². The SMILES string of the molecule is Cc1cn([C@@H]2O[C@H]([C@H]3CO[Si](C(C)C)(C(C)C)O[Si](C(C)C)(C(C)C)O3)C3(OS(=O)(=O)C=C3N)C2O)c(=O)[nH]c1=O. The number of hydrogen-bond donors (Lipinski definition) is 3. The number of hydrogen-bond acceptors (Lipinski definition) is 11. The molecule has 13 nitrogen and oxygen atoms in total. The third-order valence-electron chi connectivity index (χ3n) is 8.50. The standard InChI is InChI=1S/C25H43N3O10SSi2/c1-13(2)40(14(3)4)34-11-18(36-41(38-40,15(5)6)16(7)8)21-25(19(26)12-39(32,33)37-25)20(29)23(35-21)28-10-17(9)22(30)27-24(28)31/h10,12-16,18,20-21,23,29H,11,26H2,1-9H3,(H,27,30,31)/t18-,20?,21-,23-,25?/m1/s1. The van der Waals surface area contributed by atoms with Gasteiger partial charge < -0.3 is 28.5 Å². The molecule has 2 unspecified atom stereocenters. The van der Waals surface area contributed by atoms with E-state index in [2.05, 4.69) is 32.7 Å². The van der Waals surface area contributed by atoms with E-state index in [0.29, 0.717) is 0 Å². The van der Waals surface area contributed by atoms with E-state index in [0.717, 1.165) is 9.98 Å². The molecule has 4 rings (SSSR count). The van der Waals surface area contributed by atoms with Crippen molar-refractivity contribution < 1.29 is 35.4 Å². The first kappa shape index (κ1) is 32.3. The monoisotopic (exact) mass is 633 g/mol. The summed E-state index contributed by atoms with van der Waals surface area (Å²) < 4.78 is 59.2. The summed E-state index contributed by atoms with van der Waals surface area (Å²) in [6.45, 7) is 17.8. The van der Waals surface area contributed by atoms with Gasteiger partial charge in [0.2, 0.25) is 0 Å². The Morgan fingerprint density at radius 1 is 1.05 bits per heavy atom. The molecular weight excluding hydrogens is 591 g/mol. The fraction of sp³-hybridized carbons (Fsp3) is 0.760. The maximum Gasteiger partial charge on any atom is 0.335 e. The first-order valence-corrected chi connectivity index (χ1v) is 19.4. The van der Waals surface area contributed by atoms with Crippen LogP contribution >= 0.6 is 0 Å². The van der Waals surface area contributed by atoms with Crippen molar-refractivity contribution in [3.63, 3.8) is 0 Å². The molecule has 0 bridgehead atoms. The quantitative estimate of drug-likeness (QED) is 0.308. The van der Waals surface area contributed by atoms with Gasteiger partial charge in [-0.05, 0) is 29.1 Å². The molecule has 0 amide bonds. The normalized spacial score (nSPS) is 32.8. The highest BCUT2D eigenvalue weighted by Gasteiger charge is 2.69. The minimum absolute atomic E-state index is 0.0419.